The number of fused-ring (bicyclic) bond motifs is 1. The van der Waals surface area contributed by atoms with Gasteiger partial charge in [0.1, 0.15) is 0 Å². The van der Waals surface area contributed by atoms with Crippen molar-refractivity contribution in [1.29, 1.82) is 5.26 Å². The van der Waals surface area contributed by atoms with Crippen molar-refractivity contribution in [3.63, 3.8) is 0 Å². The number of nitrogens with two attached hydrogens (primary N) is 1. The van der Waals surface area contributed by atoms with Crippen LogP contribution in [0.25, 0.3) is 11.0 Å². The molecule has 0 saturated heterocycles. The maximum atomic E-state index is 8.94. The number of halogens is 1. The highest BCUT2D eigenvalue weighted by molar-refractivity contribution is 14.1. The van der Waals surface area contributed by atoms with Crippen LogP contribution in [0.3, 0.4) is 0 Å². The van der Waals surface area contributed by atoms with Crippen LogP contribution in [0.4, 0.5) is 5.69 Å². The van der Waals surface area contributed by atoms with E-state index in [2.05, 4.69) is 38.6 Å². The van der Waals surface area contributed by atoms with Gasteiger partial charge in [0.25, 0.3) is 0 Å². The van der Waals surface area contributed by atoms with Gasteiger partial charge in [0.05, 0.1) is 32.7 Å². The fourth-order valence-electron chi connectivity index (χ4n) is 2.00. The van der Waals surface area contributed by atoms with Crippen LogP contribution in [0.15, 0.2) is 30.7 Å². The number of nitrogens with zero attached hydrogens (tertiary/aromatic N) is 4. The van der Waals surface area contributed by atoms with Crippen LogP contribution in [0.1, 0.15) is 5.56 Å². The molecular weight excluding hydrogens is 381 g/mol. The van der Waals surface area contributed by atoms with Gasteiger partial charge in [0, 0.05) is 13.2 Å². The van der Waals surface area contributed by atoms with E-state index in [1.165, 1.54) is 0 Å². The molecular formula is C14H10IN5O. The lowest BCUT2D eigenvalue weighted by molar-refractivity contribution is 0.467. The zero-order chi connectivity index (χ0) is 15.0. The minimum atomic E-state index is 0.391. The number of aromatic nitrogens is 3. The topological polar surface area (TPSA) is 89.8 Å². The first-order chi connectivity index (χ1) is 10.1. The van der Waals surface area contributed by atoms with Crippen molar-refractivity contribution in [1.82, 2.24) is 14.5 Å². The van der Waals surface area contributed by atoms with Crippen molar-refractivity contribution in [3.05, 3.63) is 39.9 Å². The van der Waals surface area contributed by atoms with E-state index in [0.29, 0.717) is 28.4 Å². The molecule has 2 heterocycles. The summed E-state index contributed by atoms with van der Waals surface area (Å²) < 4.78 is 8.47. The predicted molar refractivity (Wildman–Crippen MR) is 86.9 cm³/mol. The number of pyridine rings is 1. The summed E-state index contributed by atoms with van der Waals surface area (Å²) in [5.41, 5.74) is 8.44. The van der Waals surface area contributed by atoms with Crippen molar-refractivity contribution in [3.8, 4) is 17.7 Å². The summed E-state index contributed by atoms with van der Waals surface area (Å²) in [5.74, 6) is 0.877. The monoisotopic (exact) mass is 391 g/mol. The Hall–Kier alpha value is -2.34. The van der Waals surface area contributed by atoms with Crippen molar-refractivity contribution in [2.75, 3.05) is 5.73 Å². The number of ether oxygens (including phenoxy) is 1. The van der Waals surface area contributed by atoms with Gasteiger partial charge in [-0.2, -0.15) is 5.26 Å². The van der Waals surface area contributed by atoms with E-state index in [1.807, 2.05) is 17.7 Å². The molecule has 7 heteroatoms. The van der Waals surface area contributed by atoms with Gasteiger partial charge in [0.15, 0.2) is 11.3 Å². The van der Waals surface area contributed by atoms with Crippen molar-refractivity contribution >= 4 is 39.3 Å². The maximum absolute atomic E-state index is 8.94. The molecule has 3 rings (SSSR count). The van der Waals surface area contributed by atoms with Gasteiger partial charge < -0.3 is 15.0 Å². The Morgan fingerprint density at radius 3 is 2.90 bits per heavy atom. The Morgan fingerprint density at radius 1 is 1.38 bits per heavy atom. The number of anilines is 1. The standard InChI is InChI=1S/C14H10IN5O/c1-20-7-19-12-11(20)2-3-18-14(12)21-13-9(15)4-8(6-16)5-10(13)17/h2-5,7H,17H2,1H3. The molecule has 104 valence electrons. The third kappa shape index (κ3) is 2.38. The third-order valence-corrected chi connectivity index (χ3v) is 3.81. The number of benzene rings is 1. The second-order valence-corrected chi connectivity index (χ2v) is 5.59. The Morgan fingerprint density at radius 2 is 2.19 bits per heavy atom. The van der Waals surface area contributed by atoms with E-state index in [4.69, 9.17) is 15.7 Å². The molecule has 0 fully saturated rings. The van der Waals surface area contributed by atoms with Gasteiger partial charge in [0.2, 0.25) is 5.88 Å². The van der Waals surface area contributed by atoms with Crippen LogP contribution in [0.2, 0.25) is 0 Å². The fourth-order valence-corrected chi connectivity index (χ4v) is 2.75. The summed E-state index contributed by atoms with van der Waals surface area (Å²) in [6.07, 6.45) is 3.36. The highest BCUT2D eigenvalue weighted by Crippen LogP contribution is 2.34. The molecule has 0 bridgehead atoms. The summed E-state index contributed by atoms with van der Waals surface area (Å²) in [4.78, 5) is 8.51. The highest BCUT2D eigenvalue weighted by Gasteiger charge is 2.14. The smallest absolute Gasteiger partial charge is 0.247 e. The number of imidazole rings is 1. The van der Waals surface area contributed by atoms with E-state index >= 15 is 0 Å². The predicted octanol–water partition coefficient (Wildman–Crippen LogP) is 2.82. The van der Waals surface area contributed by atoms with Gasteiger partial charge in [-0.15, -0.1) is 0 Å². The lowest BCUT2D eigenvalue weighted by Gasteiger charge is -2.10. The van der Waals surface area contributed by atoms with Crippen molar-refractivity contribution in [2.45, 2.75) is 0 Å². The summed E-state index contributed by atoms with van der Waals surface area (Å²) in [7, 11) is 1.90. The van der Waals surface area contributed by atoms with Crippen LogP contribution in [0.5, 0.6) is 11.6 Å². The normalized spacial score (nSPS) is 10.5. The number of hydrogen-bond acceptors (Lipinski definition) is 5. The molecule has 3 aromatic rings. The molecule has 2 N–H and O–H groups in total. The summed E-state index contributed by atoms with van der Waals surface area (Å²) in [6, 6.07) is 7.22. The minimum Gasteiger partial charge on any atom is -0.434 e. The van der Waals surface area contributed by atoms with E-state index in [-0.39, 0.29) is 0 Å². The van der Waals surface area contributed by atoms with E-state index in [0.717, 1.165) is 9.09 Å². The molecule has 0 aliphatic rings. The average molecular weight is 391 g/mol. The number of nitrogen functional groups attached to an aromatic ring is 1. The number of rotatable bonds is 2. The lowest BCUT2D eigenvalue weighted by atomic mass is 10.2. The number of nitriles is 1. The van der Waals surface area contributed by atoms with Crippen molar-refractivity contribution < 1.29 is 4.74 Å². The van der Waals surface area contributed by atoms with Crippen LogP contribution < -0.4 is 10.5 Å². The van der Waals surface area contributed by atoms with Gasteiger partial charge in [-0.25, -0.2) is 9.97 Å². The van der Waals surface area contributed by atoms with E-state index in [1.54, 1.807) is 24.7 Å². The quantitative estimate of drug-likeness (QED) is 0.536. The Bertz CT molecular complexity index is 858. The minimum absolute atomic E-state index is 0.391. The molecule has 0 unspecified atom stereocenters. The SMILES string of the molecule is Cn1cnc2c(Oc3c(N)cc(C#N)cc3I)nccc21. The zero-order valence-electron chi connectivity index (χ0n) is 11.0. The molecule has 1 aromatic carbocycles. The molecule has 0 amide bonds. The Kier molecular flexibility index (Phi) is 3.39. The van der Waals surface area contributed by atoms with Crippen LogP contribution in [0, 0.1) is 14.9 Å². The van der Waals surface area contributed by atoms with Crippen LogP contribution in [-0.4, -0.2) is 14.5 Å². The average Bonchev–Trinajstić information content (AvgIpc) is 2.85. The second kappa shape index (κ2) is 5.21. The number of aryl methyl sites for hydroxylation is 1. The van der Waals surface area contributed by atoms with Crippen molar-refractivity contribution in [2.24, 2.45) is 7.05 Å². The Labute approximate surface area is 134 Å². The molecule has 0 spiro atoms. The first kappa shape index (κ1) is 13.6. The first-order valence-corrected chi connectivity index (χ1v) is 7.11. The summed E-state index contributed by atoms with van der Waals surface area (Å²) in [5, 5.41) is 8.94. The van der Waals surface area contributed by atoms with E-state index < -0.39 is 0 Å². The summed E-state index contributed by atoms with van der Waals surface area (Å²) in [6.45, 7) is 0. The Balaban J connectivity index is 2.09. The van der Waals surface area contributed by atoms with Gasteiger partial charge >= 0.3 is 0 Å². The lowest BCUT2D eigenvalue weighted by Crippen LogP contribution is -1.98. The molecule has 21 heavy (non-hydrogen) atoms. The molecule has 0 aliphatic carbocycles. The first-order valence-electron chi connectivity index (χ1n) is 6.03. The molecule has 0 atom stereocenters. The zero-order valence-corrected chi connectivity index (χ0v) is 13.2. The molecule has 2 aromatic heterocycles. The second-order valence-electron chi connectivity index (χ2n) is 4.43. The van der Waals surface area contributed by atoms with Gasteiger partial charge in [-0.1, -0.05) is 0 Å². The molecule has 0 saturated carbocycles. The fraction of sp³-hybridized carbons (Fsp3) is 0.0714. The maximum Gasteiger partial charge on any atom is 0.247 e. The van der Waals surface area contributed by atoms with Crippen LogP contribution >= 0.6 is 22.6 Å². The summed E-state index contributed by atoms with van der Waals surface area (Å²) >= 11 is 2.08. The van der Waals surface area contributed by atoms with Gasteiger partial charge in [-0.3, -0.25) is 0 Å². The highest BCUT2D eigenvalue weighted by atomic mass is 127. The molecule has 0 radical (unpaired) electrons. The van der Waals surface area contributed by atoms with E-state index in [9.17, 15) is 0 Å². The molecule has 0 aliphatic heterocycles. The third-order valence-electron chi connectivity index (χ3n) is 3.01. The number of hydrogen-bond donors (Lipinski definition) is 1. The largest absolute Gasteiger partial charge is 0.434 e. The van der Waals surface area contributed by atoms with Crippen LogP contribution in [-0.2, 0) is 7.05 Å². The van der Waals surface area contributed by atoms with Gasteiger partial charge in [-0.05, 0) is 40.8 Å². The molecule has 6 nitrogen and oxygen atoms in total.